The van der Waals surface area contributed by atoms with Gasteiger partial charge in [0.1, 0.15) is 0 Å². The maximum atomic E-state index is 12.6. The number of nitrogens with zero attached hydrogens (tertiary/aromatic N) is 1. The zero-order chi connectivity index (χ0) is 14.2. The third-order valence-corrected chi connectivity index (χ3v) is 4.84. The van der Waals surface area contributed by atoms with Crippen molar-refractivity contribution in [2.24, 2.45) is 5.92 Å². The van der Waals surface area contributed by atoms with Crippen LogP contribution < -0.4 is 0 Å². The van der Waals surface area contributed by atoms with Crippen LogP contribution in [0, 0.1) is 5.92 Å². The van der Waals surface area contributed by atoms with Crippen molar-refractivity contribution in [2.45, 2.75) is 44.1 Å². The Kier molecular flexibility index (Phi) is 3.55. The molecule has 20 heavy (non-hydrogen) atoms. The van der Waals surface area contributed by atoms with E-state index in [1.54, 1.807) is 4.90 Å². The van der Waals surface area contributed by atoms with E-state index in [0.29, 0.717) is 6.54 Å². The molecule has 0 spiro atoms. The molecule has 0 saturated heterocycles. The van der Waals surface area contributed by atoms with E-state index in [-0.39, 0.29) is 11.8 Å². The average molecular weight is 273 g/mol. The molecule has 1 saturated carbocycles. The summed E-state index contributed by atoms with van der Waals surface area (Å²) in [6.07, 6.45) is 5.50. The highest BCUT2D eigenvalue weighted by molar-refractivity contribution is 5.80. The Labute approximate surface area is 120 Å². The summed E-state index contributed by atoms with van der Waals surface area (Å²) < 4.78 is 0. The van der Waals surface area contributed by atoms with E-state index in [0.717, 1.165) is 38.5 Å². The molecule has 3 rings (SSSR count). The Morgan fingerprint density at radius 1 is 1.25 bits per heavy atom. The fraction of sp³-hybridized carbons (Fsp3) is 0.588. The minimum Gasteiger partial charge on any atom is -0.388 e. The number of rotatable bonds is 3. The molecule has 2 aliphatic carbocycles. The first-order valence-electron chi connectivity index (χ1n) is 7.62. The van der Waals surface area contributed by atoms with Gasteiger partial charge in [-0.25, -0.2) is 0 Å². The maximum absolute atomic E-state index is 12.6. The van der Waals surface area contributed by atoms with Crippen molar-refractivity contribution >= 4 is 5.91 Å². The van der Waals surface area contributed by atoms with Gasteiger partial charge in [0, 0.05) is 19.5 Å². The van der Waals surface area contributed by atoms with Crippen LogP contribution in [0.25, 0.3) is 0 Å². The molecule has 0 radical (unpaired) electrons. The zero-order valence-electron chi connectivity index (χ0n) is 12.1. The van der Waals surface area contributed by atoms with E-state index in [1.807, 2.05) is 19.2 Å². The molecule has 0 aromatic heterocycles. The molecule has 1 N–H and O–H groups in total. The molecular weight excluding hydrogens is 250 g/mol. The molecule has 2 aliphatic rings. The zero-order valence-corrected chi connectivity index (χ0v) is 12.1. The van der Waals surface area contributed by atoms with Gasteiger partial charge in [-0.15, -0.1) is 0 Å². The van der Waals surface area contributed by atoms with E-state index in [4.69, 9.17) is 0 Å². The van der Waals surface area contributed by atoms with Crippen LogP contribution in [0.5, 0.6) is 0 Å². The summed E-state index contributed by atoms with van der Waals surface area (Å²) in [5, 5.41) is 10.4. The minimum atomic E-state index is -0.643. The van der Waals surface area contributed by atoms with Gasteiger partial charge in [0.2, 0.25) is 5.91 Å². The van der Waals surface area contributed by atoms with Gasteiger partial charge >= 0.3 is 0 Å². The van der Waals surface area contributed by atoms with Gasteiger partial charge in [0.15, 0.2) is 0 Å². The van der Waals surface area contributed by atoms with Crippen molar-refractivity contribution in [3.8, 4) is 0 Å². The Morgan fingerprint density at radius 3 is 2.35 bits per heavy atom. The molecule has 108 valence electrons. The van der Waals surface area contributed by atoms with Crippen LogP contribution in [-0.2, 0) is 17.6 Å². The largest absolute Gasteiger partial charge is 0.388 e. The van der Waals surface area contributed by atoms with E-state index < -0.39 is 5.60 Å². The van der Waals surface area contributed by atoms with Gasteiger partial charge in [-0.2, -0.15) is 0 Å². The Morgan fingerprint density at radius 2 is 1.80 bits per heavy atom. The maximum Gasteiger partial charge on any atom is 0.226 e. The van der Waals surface area contributed by atoms with Gasteiger partial charge < -0.3 is 10.0 Å². The van der Waals surface area contributed by atoms with E-state index in [1.165, 1.54) is 11.1 Å². The normalized spacial score (nSPS) is 20.9. The molecule has 0 aliphatic heterocycles. The number of amides is 1. The summed E-state index contributed by atoms with van der Waals surface area (Å²) in [5.74, 6) is 0.240. The molecule has 0 bridgehead atoms. The molecule has 1 amide bonds. The molecule has 1 aromatic carbocycles. The number of carbonyl (C=O) groups excluding carboxylic acids is 1. The number of benzene rings is 1. The lowest BCUT2D eigenvalue weighted by atomic mass is 10.00. The Balaban J connectivity index is 1.62. The number of aliphatic hydroxyl groups is 1. The number of likely N-dealkylation sites (N-methyl/N-ethyl adjacent to an activating group) is 1. The fourth-order valence-electron chi connectivity index (χ4n) is 3.76. The quantitative estimate of drug-likeness (QED) is 0.917. The first-order valence-corrected chi connectivity index (χ1v) is 7.62. The van der Waals surface area contributed by atoms with E-state index in [9.17, 15) is 9.90 Å². The Bertz CT molecular complexity index is 480. The van der Waals surface area contributed by atoms with Crippen LogP contribution in [0.3, 0.4) is 0 Å². The summed E-state index contributed by atoms with van der Waals surface area (Å²) in [6.45, 7) is 0.485. The third kappa shape index (κ3) is 2.59. The summed E-state index contributed by atoms with van der Waals surface area (Å²) in [7, 11) is 1.83. The van der Waals surface area contributed by atoms with E-state index in [2.05, 4.69) is 12.1 Å². The van der Waals surface area contributed by atoms with Gasteiger partial charge in [-0.3, -0.25) is 4.79 Å². The SMILES string of the molecule is CN(CC1(O)CCCC1)C(=O)C1Cc2ccccc2C1. The Hall–Kier alpha value is -1.35. The van der Waals surface area contributed by atoms with Crippen LogP contribution >= 0.6 is 0 Å². The smallest absolute Gasteiger partial charge is 0.226 e. The van der Waals surface area contributed by atoms with Crippen LogP contribution in [-0.4, -0.2) is 35.1 Å². The van der Waals surface area contributed by atoms with Crippen molar-refractivity contribution in [1.82, 2.24) is 4.90 Å². The molecular formula is C17H23NO2. The lowest BCUT2D eigenvalue weighted by Crippen LogP contribution is -2.44. The highest BCUT2D eigenvalue weighted by atomic mass is 16.3. The second-order valence-electron chi connectivity index (χ2n) is 6.50. The van der Waals surface area contributed by atoms with Gasteiger partial charge in [0.25, 0.3) is 0 Å². The van der Waals surface area contributed by atoms with Gasteiger partial charge in [-0.1, -0.05) is 37.1 Å². The van der Waals surface area contributed by atoms with Crippen LogP contribution in [0.4, 0.5) is 0 Å². The predicted molar refractivity (Wildman–Crippen MR) is 78.4 cm³/mol. The lowest BCUT2D eigenvalue weighted by molar-refractivity contribution is -0.137. The topological polar surface area (TPSA) is 40.5 Å². The molecule has 1 aromatic rings. The number of carbonyl (C=O) groups is 1. The van der Waals surface area contributed by atoms with E-state index >= 15 is 0 Å². The van der Waals surface area contributed by atoms with Crippen molar-refractivity contribution < 1.29 is 9.90 Å². The van der Waals surface area contributed by atoms with Gasteiger partial charge in [-0.05, 0) is 36.8 Å². The minimum absolute atomic E-state index is 0.0578. The molecule has 0 unspecified atom stereocenters. The number of hydrogen-bond donors (Lipinski definition) is 1. The standard InChI is InChI=1S/C17H23NO2/c1-18(12-17(20)8-4-5-9-17)16(19)15-10-13-6-2-3-7-14(13)11-15/h2-3,6-7,15,20H,4-5,8-12H2,1H3. The summed E-state index contributed by atoms with van der Waals surface area (Å²) in [5.41, 5.74) is 1.97. The van der Waals surface area contributed by atoms with Gasteiger partial charge in [0.05, 0.1) is 5.60 Å². The van der Waals surface area contributed by atoms with Crippen molar-refractivity contribution in [1.29, 1.82) is 0 Å². The first kappa shape index (κ1) is 13.6. The second kappa shape index (κ2) is 5.21. The molecule has 3 nitrogen and oxygen atoms in total. The predicted octanol–water partition coefficient (Wildman–Crippen LogP) is 2.16. The fourth-order valence-corrected chi connectivity index (χ4v) is 3.76. The lowest BCUT2D eigenvalue weighted by Gasteiger charge is -2.30. The third-order valence-electron chi connectivity index (χ3n) is 4.84. The molecule has 3 heteroatoms. The monoisotopic (exact) mass is 273 g/mol. The van der Waals surface area contributed by atoms with Crippen LogP contribution in [0.1, 0.15) is 36.8 Å². The van der Waals surface area contributed by atoms with Crippen LogP contribution in [0.2, 0.25) is 0 Å². The first-order chi connectivity index (χ1) is 9.57. The summed E-state index contributed by atoms with van der Waals surface area (Å²) >= 11 is 0. The highest BCUT2D eigenvalue weighted by Crippen LogP contribution is 2.32. The second-order valence-corrected chi connectivity index (χ2v) is 6.50. The molecule has 0 heterocycles. The van der Waals surface area contributed by atoms with Crippen LogP contribution in [0.15, 0.2) is 24.3 Å². The summed E-state index contributed by atoms with van der Waals surface area (Å²) in [6, 6.07) is 8.31. The highest BCUT2D eigenvalue weighted by Gasteiger charge is 2.36. The van der Waals surface area contributed by atoms with Crippen molar-refractivity contribution in [3.63, 3.8) is 0 Å². The molecule has 1 fully saturated rings. The van der Waals surface area contributed by atoms with Crippen molar-refractivity contribution in [3.05, 3.63) is 35.4 Å². The average Bonchev–Trinajstić information content (AvgIpc) is 3.03. The summed E-state index contributed by atoms with van der Waals surface area (Å²) in [4.78, 5) is 14.3. The number of fused-ring (bicyclic) bond motifs is 1. The molecule has 0 atom stereocenters. The number of hydrogen-bond acceptors (Lipinski definition) is 2. The van der Waals surface area contributed by atoms with Crippen molar-refractivity contribution in [2.75, 3.05) is 13.6 Å².